The molecule has 0 saturated heterocycles. The van der Waals surface area contributed by atoms with Crippen LogP contribution < -0.4 is 5.32 Å². The number of aromatic amines is 1. The molecule has 0 unspecified atom stereocenters. The lowest BCUT2D eigenvalue weighted by atomic mass is 10.2. The summed E-state index contributed by atoms with van der Waals surface area (Å²) in [4.78, 5) is 16.1. The Hall–Kier alpha value is -3.40. The van der Waals surface area contributed by atoms with Crippen LogP contribution in [0.4, 0.5) is 5.82 Å². The van der Waals surface area contributed by atoms with E-state index < -0.39 is 0 Å². The van der Waals surface area contributed by atoms with E-state index in [1.165, 1.54) is 6.20 Å². The predicted octanol–water partition coefficient (Wildman–Crippen LogP) is 1.72. The van der Waals surface area contributed by atoms with E-state index in [-0.39, 0.29) is 5.91 Å². The number of hydrogen-bond acceptors (Lipinski definition) is 4. The Labute approximate surface area is 119 Å². The molecule has 3 aromatic rings. The van der Waals surface area contributed by atoms with Crippen molar-refractivity contribution in [3.63, 3.8) is 0 Å². The van der Waals surface area contributed by atoms with E-state index in [1.54, 1.807) is 24.7 Å². The Morgan fingerprint density at radius 1 is 1.33 bits per heavy atom. The van der Waals surface area contributed by atoms with Gasteiger partial charge in [-0.2, -0.15) is 10.4 Å². The van der Waals surface area contributed by atoms with Crippen LogP contribution in [0.25, 0.3) is 5.69 Å². The van der Waals surface area contributed by atoms with Gasteiger partial charge in [-0.3, -0.25) is 9.89 Å². The number of amides is 1. The maximum atomic E-state index is 12.1. The minimum absolute atomic E-state index is 0.290. The largest absolute Gasteiger partial charge is 0.306 e. The van der Waals surface area contributed by atoms with E-state index in [0.29, 0.717) is 16.9 Å². The van der Waals surface area contributed by atoms with Gasteiger partial charge in [-0.15, -0.1) is 0 Å². The molecule has 1 aromatic carbocycles. The number of nitrogens with one attached hydrogen (secondary N) is 2. The van der Waals surface area contributed by atoms with Gasteiger partial charge in [0.2, 0.25) is 0 Å². The molecular formula is C14H10N6O. The zero-order valence-electron chi connectivity index (χ0n) is 10.8. The first-order chi connectivity index (χ1) is 10.3. The highest BCUT2D eigenvalue weighted by molar-refractivity contribution is 6.04. The summed E-state index contributed by atoms with van der Waals surface area (Å²) >= 11 is 0. The van der Waals surface area contributed by atoms with E-state index in [2.05, 4.69) is 20.5 Å². The first-order valence-electron chi connectivity index (χ1n) is 6.11. The topological polar surface area (TPSA) is 99.4 Å². The maximum Gasteiger partial charge on any atom is 0.256 e. The van der Waals surface area contributed by atoms with Crippen LogP contribution in [0.5, 0.6) is 0 Å². The zero-order chi connectivity index (χ0) is 14.7. The molecule has 7 heteroatoms. The fourth-order valence-corrected chi connectivity index (χ4v) is 1.85. The number of aromatic nitrogens is 4. The average molecular weight is 278 g/mol. The molecule has 2 N–H and O–H groups in total. The molecule has 0 fully saturated rings. The second-order valence-electron chi connectivity index (χ2n) is 4.24. The number of hydrogen-bond donors (Lipinski definition) is 2. The molecule has 102 valence electrons. The molecule has 0 spiro atoms. The number of benzene rings is 1. The van der Waals surface area contributed by atoms with Gasteiger partial charge in [0.1, 0.15) is 17.5 Å². The third kappa shape index (κ3) is 2.50. The Bertz CT molecular complexity index is 795. The lowest BCUT2D eigenvalue weighted by Gasteiger charge is -2.05. The molecule has 0 saturated carbocycles. The summed E-state index contributed by atoms with van der Waals surface area (Å²) in [5, 5.41) is 17.8. The SMILES string of the molecule is N#Cc1cn[nH]c1NC(=O)c1ccc(-n2ccnc2)cc1. The van der Waals surface area contributed by atoms with Crippen LogP contribution in [0.2, 0.25) is 0 Å². The summed E-state index contributed by atoms with van der Waals surface area (Å²) in [6.45, 7) is 0. The fraction of sp³-hybridized carbons (Fsp3) is 0. The molecule has 0 radical (unpaired) electrons. The summed E-state index contributed by atoms with van der Waals surface area (Å²) in [6, 6.07) is 8.97. The molecule has 7 nitrogen and oxygen atoms in total. The normalized spacial score (nSPS) is 10.0. The van der Waals surface area contributed by atoms with E-state index in [9.17, 15) is 4.79 Å². The predicted molar refractivity (Wildman–Crippen MR) is 74.8 cm³/mol. The van der Waals surface area contributed by atoms with Gasteiger partial charge in [-0.05, 0) is 24.3 Å². The number of nitrogens with zero attached hydrogens (tertiary/aromatic N) is 4. The standard InChI is InChI=1S/C14H10N6O/c15-7-11-8-17-19-13(11)18-14(21)10-1-3-12(4-2-10)20-6-5-16-9-20/h1-6,8-9H,(H2,17,18,19,21). The van der Waals surface area contributed by atoms with Gasteiger partial charge in [0.05, 0.1) is 12.5 Å². The third-order valence-electron chi connectivity index (χ3n) is 2.93. The molecule has 0 atom stereocenters. The van der Waals surface area contributed by atoms with Crippen LogP contribution >= 0.6 is 0 Å². The first-order valence-corrected chi connectivity index (χ1v) is 6.11. The molecule has 3 rings (SSSR count). The smallest absolute Gasteiger partial charge is 0.256 e. The molecule has 1 amide bonds. The minimum Gasteiger partial charge on any atom is -0.306 e. The highest BCUT2D eigenvalue weighted by atomic mass is 16.1. The van der Waals surface area contributed by atoms with Crippen LogP contribution in [0.1, 0.15) is 15.9 Å². The molecular weight excluding hydrogens is 268 g/mol. The molecule has 21 heavy (non-hydrogen) atoms. The van der Waals surface area contributed by atoms with Crippen molar-refractivity contribution in [2.24, 2.45) is 0 Å². The molecule has 2 heterocycles. The van der Waals surface area contributed by atoms with Gasteiger partial charge in [0.15, 0.2) is 0 Å². The highest BCUT2D eigenvalue weighted by Crippen LogP contribution is 2.13. The van der Waals surface area contributed by atoms with Gasteiger partial charge in [0, 0.05) is 23.6 Å². The number of H-pyrrole nitrogens is 1. The second-order valence-corrected chi connectivity index (χ2v) is 4.24. The molecule has 0 bridgehead atoms. The van der Waals surface area contributed by atoms with Gasteiger partial charge in [0.25, 0.3) is 5.91 Å². The van der Waals surface area contributed by atoms with Crippen LogP contribution in [0.15, 0.2) is 49.2 Å². The van der Waals surface area contributed by atoms with E-state index in [1.807, 2.05) is 29.0 Å². The number of carbonyl (C=O) groups excluding carboxylic acids is 1. The second kappa shape index (κ2) is 5.30. The summed E-state index contributed by atoms with van der Waals surface area (Å²) in [6.07, 6.45) is 6.54. The number of carbonyl (C=O) groups is 1. The molecule has 0 aliphatic carbocycles. The maximum absolute atomic E-state index is 12.1. The number of rotatable bonds is 3. The summed E-state index contributed by atoms with van der Waals surface area (Å²) in [5.41, 5.74) is 1.68. The van der Waals surface area contributed by atoms with Crippen molar-refractivity contribution in [2.45, 2.75) is 0 Å². The number of anilines is 1. The average Bonchev–Trinajstić information content (AvgIpc) is 3.18. The lowest BCUT2D eigenvalue weighted by Crippen LogP contribution is -2.13. The number of nitriles is 1. The summed E-state index contributed by atoms with van der Waals surface area (Å²) < 4.78 is 1.84. The summed E-state index contributed by atoms with van der Waals surface area (Å²) in [5.74, 6) is -0.0193. The van der Waals surface area contributed by atoms with Gasteiger partial charge in [-0.25, -0.2) is 4.98 Å². The zero-order valence-corrected chi connectivity index (χ0v) is 10.8. The molecule has 0 aliphatic heterocycles. The fourth-order valence-electron chi connectivity index (χ4n) is 1.85. The summed E-state index contributed by atoms with van der Waals surface area (Å²) in [7, 11) is 0. The van der Waals surface area contributed by atoms with Crippen molar-refractivity contribution >= 4 is 11.7 Å². The Balaban J connectivity index is 1.78. The van der Waals surface area contributed by atoms with Crippen molar-refractivity contribution in [3.05, 3.63) is 60.3 Å². The Morgan fingerprint density at radius 2 is 2.14 bits per heavy atom. The molecule has 0 aliphatic rings. The van der Waals surface area contributed by atoms with Crippen molar-refractivity contribution in [1.82, 2.24) is 19.7 Å². The molecule has 2 aromatic heterocycles. The van der Waals surface area contributed by atoms with Crippen molar-refractivity contribution < 1.29 is 4.79 Å². The van der Waals surface area contributed by atoms with E-state index in [4.69, 9.17) is 5.26 Å². The highest BCUT2D eigenvalue weighted by Gasteiger charge is 2.10. The van der Waals surface area contributed by atoms with Crippen molar-refractivity contribution in [1.29, 1.82) is 5.26 Å². The quantitative estimate of drug-likeness (QED) is 0.761. The lowest BCUT2D eigenvalue weighted by molar-refractivity contribution is 0.102. The minimum atomic E-state index is -0.312. The Kier molecular flexibility index (Phi) is 3.19. The monoisotopic (exact) mass is 278 g/mol. The number of imidazole rings is 1. The van der Waals surface area contributed by atoms with E-state index >= 15 is 0 Å². The third-order valence-corrected chi connectivity index (χ3v) is 2.93. The van der Waals surface area contributed by atoms with Gasteiger partial charge in [-0.1, -0.05) is 0 Å². The van der Waals surface area contributed by atoms with Crippen molar-refractivity contribution in [2.75, 3.05) is 5.32 Å². The van der Waals surface area contributed by atoms with Crippen LogP contribution in [0, 0.1) is 11.3 Å². The van der Waals surface area contributed by atoms with Crippen LogP contribution in [-0.4, -0.2) is 25.7 Å². The van der Waals surface area contributed by atoms with Gasteiger partial charge >= 0.3 is 0 Å². The van der Waals surface area contributed by atoms with Crippen LogP contribution in [0.3, 0.4) is 0 Å². The van der Waals surface area contributed by atoms with Crippen molar-refractivity contribution in [3.8, 4) is 11.8 Å². The first kappa shape index (κ1) is 12.6. The Morgan fingerprint density at radius 3 is 2.81 bits per heavy atom. The van der Waals surface area contributed by atoms with Gasteiger partial charge < -0.3 is 9.88 Å². The van der Waals surface area contributed by atoms with E-state index in [0.717, 1.165) is 5.69 Å². The van der Waals surface area contributed by atoms with Crippen LogP contribution in [-0.2, 0) is 0 Å².